The van der Waals surface area contributed by atoms with E-state index in [1.54, 1.807) is 60.7 Å². The van der Waals surface area contributed by atoms with Crippen LogP contribution in [0.1, 0.15) is 27.6 Å². The van der Waals surface area contributed by atoms with E-state index in [0.717, 1.165) is 0 Å². The van der Waals surface area contributed by atoms with Crippen molar-refractivity contribution in [2.45, 2.75) is 12.0 Å². The fraction of sp³-hybridized carbons (Fsp3) is 0.160. The summed E-state index contributed by atoms with van der Waals surface area (Å²) in [6.07, 6.45) is -1.11. The van der Waals surface area contributed by atoms with Crippen LogP contribution in [-0.2, 0) is 14.3 Å². The molecule has 1 aliphatic heterocycles. The number of methoxy groups -OCH3 is 2. The van der Waals surface area contributed by atoms with Gasteiger partial charge in [-0.3, -0.25) is 0 Å². The van der Waals surface area contributed by atoms with Gasteiger partial charge in [-0.1, -0.05) is 24.3 Å². The molecule has 0 bridgehead atoms. The monoisotopic (exact) mass is 446 g/mol. The fourth-order valence-corrected chi connectivity index (χ4v) is 4.03. The Morgan fingerprint density at radius 1 is 0.879 bits per heavy atom. The van der Waals surface area contributed by atoms with Crippen molar-refractivity contribution in [2.75, 3.05) is 14.2 Å². The Morgan fingerprint density at radius 2 is 1.64 bits per heavy atom. The Kier molecular flexibility index (Phi) is 4.97. The Bertz CT molecular complexity index is 1430. The van der Waals surface area contributed by atoms with Crippen LogP contribution in [0.3, 0.4) is 0 Å². The smallest absolute Gasteiger partial charge is 0.348 e. The normalized spacial score (nSPS) is 16.8. The Balaban J connectivity index is 1.59. The molecular weight excluding hydrogens is 428 g/mol. The van der Waals surface area contributed by atoms with Crippen LogP contribution in [-0.4, -0.2) is 32.3 Å². The summed E-state index contributed by atoms with van der Waals surface area (Å²) in [6, 6.07) is 17.0. The van der Waals surface area contributed by atoms with Crippen molar-refractivity contribution in [3.8, 4) is 17.1 Å². The predicted octanol–water partition coefficient (Wildman–Crippen LogP) is 3.91. The first kappa shape index (κ1) is 20.6. The van der Waals surface area contributed by atoms with Gasteiger partial charge in [-0.2, -0.15) is 0 Å². The third kappa shape index (κ3) is 3.36. The van der Waals surface area contributed by atoms with Gasteiger partial charge >= 0.3 is 17.6 Å². The van der Waals surface area contributed by atoms with E-state index in [-0.39, 0.29) is 11.3 Å². The summed E-state index contributed by atoms with van der Waals surface area (Å²) >= 11 is 0. The number of esters is 2. The van der Waals surface area contributed by atoms with Crippen molar-refractivity contribution in [3.63, 3.8) is 0 Å². The molecule has 5 rings (SSSR count). The van der Waals surface area contributed by atoms with E-state index in [9.17, 15) is 14.4 Å². The summed E-state index contributed by atoms with van der Waals surface area (Å²) in [5.74, 6) is -0.817. The molecule has 166 valence electrons. The molecule has 1 aliphatic rings. The Labute approximate surface area is 187 Å². The molecule has 0 aliphatic carbocycles. The maximum atomic E-state index is 12.9. The summed E-state index contributed by atoms with van der Waals surface area (Å²) in [5, 5.41) is 0.577. The standard InChI is InChI=1S/C25H18O8/c1-29-23(26)14-9-7-13(8-10-14)16-11-12-18(31-16)19-20-21(33-22(19)25(28)30-2)15-5-3-4-6-17(15)32-24(20)27/h3-12,19,22H,1-2H3. The number of ether oxygens (including phenoxy) is 3. The molecule has 33 heavy (non-hydrogen) atoms. The number of para-hydroxylation sites is 1. The number of hydrogen-bond acceptors (Lipinski definition) is 8. The lowest BCUT2D eigenvalue weighted by molar-refractivity contribution is -0.148. The highest BCUT2D eigenvalue weighted by Gasteiger charge is 2.46. The number of rotatable bonds is 4. The number of carbonyl (C=O) groups excluding carboxylic acids is 2. The highest BCUT2D eigenvalue weighted by Crippen LogP contribution is 2.45. The predicted molar refractivity (Wildman–Crippen MR) is 116 cm³/mol. The van der Waals surface area contributed by atoms with E-state index >= 15 is 0 Å². The number of hydrogen-bond donors (Lipinski definition) is 0. The maximum Gasteiger partial charge on any atom is 0.348 e. The van der Waals surface area contributed by atoms with Gasteiger partial charge in [-0.25, -0.2) is 14.4 Å². The molecule has 0 amide bonds. The van der Waals surface area contributed by atoms with E-state index in [2.05, 4.69) is 0 Å². The molecule has 0 N–H and O–H groups in total. The molecule has 2 aromatic carbocycles. The zero-order chi connectivity index (χ0) is 23.1. The van der Waals surface area contributed by atoms with E-state index in [4.69, 9.17) is 23.0 Å². The van der Waals surface area contributed by atoms with Crippen LogP contribution in [0.15, 0.2) is 74.3 Å². The average molecular weight is 446 g/mol. The first-order chi connectivity index (χ1) is 16.0. The summed E-state index contributed by atoms with van der Waals surface area (Å²) < 4.78 is 27.1. The zero-order valence-corrected chi connectivity index (χ0v) is 17.7. The molecule has 0 saturated carbocycles. The minimum Gasteiger partial charge on any atom is -0.476 e. The highest BCUT2D eigenvalue weighted by molar-refractivity contribution is 5.90. The topological polar surface area (TPSA) is 105 Å². The van der Waals surface area contributed by atoms with Gasteiger partial charge in [0.2, 0.25) is 6.10 Å². The summed E-state index contributed by atoms with van der Waals surface area (Å²) in [7, 11) is 2.57. The molecule has 0 radical (unpaired) electrons. The SMILES string of the molecule is COC(=O)c1ccc(-c2ccc(C3c4c(c5ccccc5oc4=O)OC3C(=O)OC)o2)cc1. The van der Waals surface area contributed by atoms with E-state index in [0.29, 0.717) is 33.6 Å². The molecule has 2 aromatic heterocycles. The van der Waals surface area contributed by atoms with Crippen LogP contribution in [0.5, 0.6) is 5.75 Å². The number of fused-ring (bicyclic) bond motifs is 3. The lowest BCUT2D eigenvalue weighted by Crippen LogP contribution is -2.31. The second kappa shape index (κ2) is 7.98. The van der Waals surface area contributed by atoms with E-state index in [1.165, 1.54) is 14.2 Å². The van der Waals surface area contributed by atoms with Crippen molar-refractivity contribution < 1.29 is 32.6 Å². The van der Waals surface area contributed by atoms with Gasteiger partial charge in [0.15, 0.2) is 0 Å². The lowest BCUT2D eigenvalue weighted by atomic mass is 9.93. The van der Waals surface area contributed by atoms with Gasteiger partial charge in [-0.05, 0) is 36.4 Å². The molecule has 8 heteroatoms. The third-order valence-corrected chi connectivity index (χ3v) is 5.61. The average Bonchev–Trinajstić information content (AvgIpc) is 3.49. The third-order valence-electron chi connectivity index (χ3n) is 5.61. The van der Waals surface area contributed by atoms with Gasteiger partial charge in [0, 0.05) is 5.56 Å². The minimum absolute atomic E-state index is 0.200. The van der Waals surface area contributed by atoms with Gasteiger partial charge in [0.05, 0.1) is 30.7 Å². The fourth-order valence-electron chi connectivity index (χ4n) is 4.03. The first-order valence-corrected chi connectivity index (χ1v) is 10.1. The van der Waals surface area contributed by atoms with Crippen LogP contribution in [0, 0.1) is 0 Å². The van der Waals surface area contributed by atoms with Crippen LogP contribution in [0.4, 0.5) is 0 Å². The van der Waals surface area contributed by atoms with Gasteiger partial charge in [0.25, 0.3) is 0 Å². The number of furan rings is 1. The number of carbonyl (C=O) groups is 2. The largest absolute Gasteiger partial charge is 0.476 e. The molecular formula is C25H18O8. The molecule has 0 saturated heterocycles. The number of benzene rings is 2. The molecule has 0 spiro atoms. The molecule has 2 unspecified atom stereocenters. The van der Waals surface area contributed by atoms with E-state index in [1.807, 2.05) is 0 Å². The van der Waals surface area contributed by atoms with Gasteiger partial charge in [0.1, 0.15) is 28.8 Å². The second-order valence-corrected chi connectivity index (χ2v) is 7.44. The van der Waals surface area contributed by atoms with Crippen molar-refractivity contribution in [1.29, 1.82) is 0 Å². The maximum absolute atomic E-state index is 12.9. The van der Waals surface area contributed by atoms with Crippen LogP contribution in [0.25, 0.3) is 22.3 Å². The van der Waals surface area contributed by atoms with Crippen molar-refractivity contribution in [2.24, 2.45) is 0 Å². The molecule has 4 aromatic rings. The highest BCUT2D eigenvalue weighted by atomic mass is 16.6. The summed E-state index contributed by atoms with van der Waals surface area (Å²) in [6.45, 7) is 0. The Hall–Kier alpha value is -4.33. The van der Waals surface area contributed by atoms with Crippen molar-refractivity contribution in [1.82, 2.24) is 0 Å². The van der Waals surface area contributed by atoms with Crippen molar-refractivity contribution in [3.05, 3.63) is 88.0 Å². The van der Waals surface area contributed by atoms with Crippen LogP contribution < -0.4 is 10.4 Å². The van der Waals surface area contributed by atoms with Crippen LogP contribution in [0.2, 0.25) is 0 Å². The second-order valence-electron chi connectivity index (χ2n) is 7.44. The van der Waals surface area contributed by atoms with Crippen molar-refractivity contribution >= 4 is 22.9 Å². The molecule has 2 atom stereocenters. The van der Waals surface area contributed by atoms with Gasteiger partial charge < -0.3 is 23.0 Å². The molecule has 0 fully saturated rings. The quantitative estimate of drug-likeness (QED) is 0.343. The van der Waals surface area contributed by atoms with E-state index < -0.39 is 29.6 Å². The summed E-state index contributed by atoms with van der Waals surface area (Å²) in [5.41, 5.74) is 1.05. The zero-order valence-electron chi connectivity index (χ0n) is 17.7. The van der Waals surface area contributed by atoms with Crippen LogP contribution >= 0.6 is 0 Å². The summed E-state index contributed by atoms with van der Waals surface area (Å²) in [4.78, 5) is 37.1. The molecule has 8 nitrogen and oxygen atoms in total. The van der Waals surface area contributed by atoms with Gasteiger partial charge in [-0.15, -0.1) is 0 Å². The minimum atomic E-state index is -1.11. The Morgan fingerprint density at radius 3 is 2.36 bits per heavy atom. The first-order valence-electron chi connectivity index (χ1n) is 10.1. The lowest BCUT2D eigenvalue weighted by Gasteiger charge is -2.14. The molecule has 3 heterocycles.